The van der Waals surface area contributed by atoms with Gasteiger partial charge in [-0.1, -0.05) is 42.3 Å². The molecule has 1 saturated heterocycles. The Morgan fingerprint density at radius 3 is 2.64 bits per heavy atom. The lowest BCUT2D eigenvalue weighted by molar-refractivity contribution is 0.260. The highest BCUT2D eigenvalue weighted by Crippen LogP contribution is 2.34. The van der Waals surface area contributed by atoms with Crippen LogP contribution in [-0.4, -0.2) is 37.7 Å². The van der Waals surface area contributed by atoms with Crippen LogP contribution >= 0.6 is 23.2 Å². The van der Waals surface area contributed by atoms with Crippen molar-refractivity contribution in [3.63, 3.8) is 0 Å². The number of methoxy groups -OCH3 is 1. The number of nitrogens with zero attached hydrogens (tertiary/aromatic N) is 1. The van der Waals surface area contributed by atoms with Gasteiger partial charge in [-0.3, -0.25) is 4.90 Å². The smallest absolute Gasteiger partial charge is 0.163 e. The second-order valence-electron chi connectivity index (χ2n) is 7.07. The van der Waals surface area contributed by atoms with Gasteiger partial charge in [0, 0.05) is 35.2 Å². The van der Waals surface area contributed by atoms with E-state index < -0.39 is 0 Å². The normalized spacial score (nSPS) is 17.1. The monoisotopic (exact) mass is 422 g/mol. The second-order valence-corrected chi connectivity index (χ2v) is 7.91. The van der Waals surface area contributed by atoms with Crippen LogP contribution in [0.2, 0.25) is 10.0 Å². The topological polar surface area (TPSA) is 33.7 Å². The van der Waals surface area contributed by atoms with Gasteiger partial charge in [0.25, 0.3) is 0 Å². The minimum Gasteiger partial charge on any atom is -0.493 e. The summed E-state index contributed by atoms with van der Waals surface area (Å²) in [5, 5.41) is 4.94. The molecule has 4 nitrogen and oxygen atoms in total. The van der Waals surface area contributed by atoms with Crippen LogP contribution < -0.4 is 14.8 Å². The van der Waals surface area contributed by atoms with E-state index in [9.17, 15) is 0 Å². The number of halogens is 2. The summed E-state index contributed by atoms with van der Waals surface area (Å²) in [6.07, 6.45) is 2.55. The molecule has 1 heterocycles. The number of nitrogens with one attached hydrogen (secondary N) is 1. The first-order valence-electron chi connectivity index (χ1n) is 9.79. The zero-order chi connectivity index (χ0) is 19.9. The van der Waals surface area contributed by atoms with Crippen LogP contribution in [0.4, 0.5) is 0 Å². The Balaban J connectivity index is 1.59. The minimum absolute atomic E-state index is 0.427. The Morgan fingerprint density at radius 2 is 1.93 bits per heavy atom. The molecule has 0 saturated carbocycles. The zero-order valence-electron chi connectivity index (χ0n) is 16.5. The lowest BCUT2D eigenvalue weighted by Gasteiger charge is -2.23. The molecule has 0 aliphatic carbocycles. The molecular formula is C22H28Cl2N2O2. The van der Waals surface area contributed by atoms with E-state index in [1.54, 1.807) is 7.11 Å². The molecule has 152 valence electrons. The molecular weight excluding hydrogens is 395 g/mol. The second kappa shape index (κ2) is 10.4. The van der Waals surface area contributed by atoms with Gasteiger partial charge in [0.1, 0.15) is 6.61 Å². The van der Waals surface area contributed by atoms with Gasteiger partial charge in [0.2, 0.25) is 0 Å². The number of hydrogen-bond donors (Lipinski definition) is 1. The molecule has 3 rings (SSSR count). The van der Waals surface area contributed by atoms with Gasteiger partial charge in [0.15, 0.2) is 11.5 Å². The van der Waals surface area contributed by atoms with Crippen molar-refractivity contribution in [2.24, 2.45) is 0 Å². The molecule has 1 fully saturated rings. The number of likely N-dealkylation sites (tertiary alicyclic amines) is 1. The van der Waals surface area contributed by atoms with E-state index >= 15 is 0 Å². The fourth-order valence-corrected chi connectivity index (χ4v) is 3.99. The summed E-state index contributed by atoms with van der Waals surface area (Å²) in [7, 11) is 1.65. The molecule has 0 amide bonds. The fourth-order valence-electron chi connectivity index (χ4n) is 3.64. The number of hydrogen-bond acceptors (Lipinski definition) is 4. The number of likely N-dealkylation sites (N-methyl/N-ethyl adjacent to an activating group) is 1. The Kier molecular flexibility index (Phi) is 7.86. The number of benzene rings is 2. The van der Waals surface area contributed by atoms with Gasteiger partial charge in [-0.25, -0.2) is 0 Å². The van der Waals surface area contributed by atoms with Gasteiger partial charge in [0.05, 0.1) is 7.11 Å². The highest BCUT2D eigenvalue weighted by atomic mass is 35.5. The van der Waals surface area contributed by atoms with Crippen LogP contribution in [0.25, 0.3) is 0 Å². The first-order valence-corrected chi connectivity index (χ1v) is 10.5. The maximum atomic E-state index is 6.51. The summed E-state index contributed by atoms with van der Waals surface area (Å²) in [6.45, 7) is 6.65. The summed E-state index contributed by atoms with van der Waals surface area (Å²) in [5.74, 6) is 1.32. The van der Waals surface area contributed by atoms with Crippen molar-refractivity contribution in [2.45, 2.75) is 39.0 Å². The Labute approximate surface area is 177 Å². The molecule has 6 heteroatoms. The largest absolute Gasteiger partial charge is 0.493 e. The molecule has 0 aromatic heterocycles. The molecule has 0 bridgehead atoms. The van der Waals surface area contributed by atoms with E-state index in [4.69, 9.17) is 32.7 Å². The van der Waals surface area contributed by atoms with Crippen LogP contribution in [0, 0.1) is 0 Å². The van der Waals surface area contributed by atoms with Gasteiger partial charge in [-0.15, -0.1) is 0 Å². The van der Waals surface area contributed by atoms with Crippen molar-refractivity contribution in [3.05, 3.63) is 57.6 Å². The van der Waals surface area contributed by atoms with E-state index in [0.29, 0.717) is 40.7 Å². The third kappa shape index (κ3) is 5.54. The minimum atomic E-state index is 0.427. The van der Waals surface area contributed by atoms with Crippen LogP contribution in [0.5, 0.6) is 11.5 Å². The standard InChI is InChI=1S/C22H28Cl2N2O2/c1-3-26-10-4-5-19(26)14-25-13-17-11-21(27-2)22(12-20(17)24)28-15-16-6-8-18(23)9-7-16/h6-9,11-12,19,25H,3-5,10,13-15H2,1-2H3. The van der Waals surface area contributed by atoms with Crippen molar-refractivity contribution in [1.29, 1.82) is 0 Å². The molecule has 0 spiro atoms. The molecule has 2 aromatic rings. The molecule has 0 radical (unpaired) electrons. The predicted octanol–water partition coefficient (Wildman–Crippen LogP) is 5.15. The molecule has 1 unspecified atom stereocenters. The third-order valence-electron chi connectivity index (χ3n) is 5.24. The first-order chi connectivity index (χ1) is 13.6. The van der Waals surface area contributed by atoms with E-state index in [1.807, 2.05) is 36.4 Å². The highest BCUT2D eigenvalue weighted by Gasteiger charge is 2.22. The van der Waals surface area contributed by atoms with Crippen LogP contribution in [0.3, 0.4) is 0 Å². The summed E-state index contributed by atoms with van der Waals surface area (Å²) in [5.41, 5.74) is 2.05. The lowest BCUT2D eigenvalue weighted by atomic mass is 10.1. The van der Waals surface area contributed by atoms with E-state index in [-0.39, 0.29) is 0 Å². The Hall–Kier alpha value is -1.46. The van der Waals surface area contributed by atoms with Crippen molar-refractivity contribution >= 4 is 23.2 Å². The number of ether oxygens (including phenoxy) is 2. The molecule has 1 aliphatic rings. The molecule has 28 heavy (non-hydrogen) atoms. The summed E-state index contributed by atoms with van der Waals surface area (Å²) < 4.78 is 11.4. The van der Waals surface area contributed by atoms with E-state index in [2.05, 4.69) is 17.1 Å². The van der Waals surface area contributed by atoms with Gasteiger partial charge in [-0.2, -0.15) is 0 Å². The molecule has 1 aliphatic heterocycles. The number of rotatable bonds is 9. The quantitative estimate of drug-likeness (QED) is 0.605. The molecule has 1 atom stereocenters. The molecule has 2 aromatic carbocycles. The van der Waals surface area contributed by atoms with E-state index in [1.165, 1.54) is 19.4 Å². The lowest BCUT2D eigenvalue weighted by Crippen LogP contribution is -2.37. The average Bonchev–Trinajstić information content (AvgIpc) is 3.16. The average molecular weight is 423 g/mol. The Bertz CT molecular complexity index is 768. The molecule has 1 N–H and O–H groups in total. The van der Waals surface area contributed by atoms with Crippen molar-refractivity contribution < 1.29 is 9.47 Å². The van der Waals surface area contributed by atoms with Crippen LogP contribution in [-0.2, 0) is 13.2 Å². The van der Waals surface area contributed by atoms with Gasteiger partial charge < -0.3 is 14.8 Å². The Morgan fingerprint density at radius 1 is 1.14 bits per heavy atom. The van der Waals surface area contributed by atoms with Crippen LogP contribution in [0.1, 0.15) is 30.9 Å². The van der Waals surface area contributed by atoms with Crippen molar-refractivity contribution in [2.75, 3.05) is 26.7 Å². The fraction of sp³-hybridized carbons (Fsp3) is 0.455. The summed E-state index contributed by atoms with van der Waals surface area (Å²) in [4.78, 5) is 2.53. The van der Waals surface area contributed by atoms with Crippen LogP contribution in [0.15, 0.2) is 36.4 Å². The van der Waals surface area contributed by atoms with Gasteiger partial charge >= 0.3 is 0 Å². The summed E-state index contributed by atoms with van der Waals surface area (Å²) in [6, 6.07) is 12.0. The summed E-state index contributed by atoms with van der Waals surface area (Å²) >= 11 is 12.4. The first kappa shape index (κ1) is 21.3. The van der Waals surface area contributed by atoms with Gasteiger partial charge in [-0.05, 0) is 55.3 Å². The zero-order valence-corrected chi connectivity index (χ0v) is 18.0. The SMILES string of the molecule is CCN1CCCC1CNCc1cc(OC)c(OCc2ccc(Cl)cc2)cc1Cl. The van der Waals surface area contributed by atoms with Crippen molar-refractivity contribution in [3.8, 4) is 11.5 Å². The van der Waals surface area contributed by atoms with Crippen molar-refractivity contribution in [1.82, 2.24) is 10.2 Å². The maximum Gasteiger partial charge on any atom is 0.163 e. The van der Waals surface area contributed by atoms with E-state index in [0.717, 1.165) is 24.2 Å². The highest BCUT2D eigenvalue weighted by molar-refractivity contribution is 6.31. The maximum absolute atomic E-state index is 6.51. The predicted molar refractivity (Wildman–Crippen MR) is 116 cm³/mol. The third-order valence-corrected chi connectivity index (χ3v) is 5.84.